The molecule has 0 spiro atoms. The number of hydrogen-bond acceptors (Lipinski definition) is 4. The number of methoxy groups -OCH3 is 2. The minimum atomic E-state index is -0.160. The highest BCUT2D eigenvalue weighted by Gasteiger charge is 2.34. The van der Waals surface area contributed by atoms with Crippen molar-refractivity contribution >= 4 is 34.2 Å². The van der Waals surface area contributed by atoms with E-state index in [-0.39, 0.29) is 23.9 Å². The Morgan fingerprint density at radius 2 is 2.23 bits per heavy atom. The van der Waals surface area contributed by atoms with Gasteiger partial charge in [-0.25, -0.2) is 0 Å². The smallest absolute Gasteiger partial charge is 0.255 e. The van der Waals surface area contributed by atoms with E-state index in [1.165, 1.54) is 0 Å². The summed E-state index contributed by atoms with van der Waals surface area (Å²) in [6.07, 6.45) is 2.10. The average molecular weight is 394 g/mol. The fourth-order valence-corrected chi connectivity index (χ4v) is 3.01. The topological polar surface area (TPSA) is 59.6 Å². The van der Waals surface area contributed by atoms with Gasteiger partial charge in [0, 0.05) is 18.1 Å². The lowest BCUT2D eigenvalue weighted by Gasteiger charge is -2.29. The van der Waals surface area contributed by atoms with Crippen LogP contribution in [0.25, 0.3) is 0 Å². The van der Waals surface area contributed by atoms with Crippen molar-refractivity contribution in [3.05, 3.63) is 28.2 Å². The molecule has 5 nitrogen and oxygen atoms in total. The molecule has 124 valence electrons. The minimum Gasteiger partial charge on any atom is -0.496 e. The van der Waals surface area contributed by atoms with Crippen LogP contribution in [0.1, 0.15) is 23.2 Å². The SMILES string of the molecule is COCC1(CNC(=O)c2ccc(Br)cc2OC)CCCN1.Cl. The van der Waals surface area contributed by atoms with Crippen molar-refractivity contribution in [2.75, 3.05) is 33.9 Å². The van der Waals surface area contributed by atoms with Gasteiger partial charge in [0.05, 0.1) is 24.8 Å². The Hall–Kier alpha value is -0.820. The van der Waals surface area contributed by atoms with Crippen molar-refractivity contribution in [2.45, 2.75) is 18.4 Å². The summed E-state index contributed by atoms with van der Waals surface area (Å²) in [5.41, 5.74) is 0.374. The maximum atomic E-state index is 12.4. The van der Waals surface area contributed by atoms with E-state index >= 15 is 0 Å². The van der Waals surface area contributed by atoms with Crippen LogP contribution in [0.4, 0.5) is 0 Å². The largest absolute Gasteiger partial charge is 0.496 e. The zero-order valence-corrected chi connectivity index (χ0v) is 15.2. The Bertz CT molecular complexity index is 508. The lowest BCUT2D eigenvalue weighted by atomic mass is 9.98. The molecule has 1 amide bonds. The van der Waals surface area contributed by atoms with Crippen molar-refractivity contribution in [1.82, 2.24) is 10.6 Å². The van der Waals surface area contributed by atoms with Gasteiger partial charge in [-0.2, -0.15) is 0 Å². The van der Waals surface area contributed by atoms with Crippen LogP contribution in [-0.4, -0.2) is 45.4 Å². The molecule has 1 unspecified atom stereocenters. The first-order valence-corrected chi connectivity index (χ1v) is 7.75. The molecule has 1 aromatic rings. The van der Waals surface area contributed by atoms with E-state index in [4.69, 9.17) is 9.47 Å². The first-order valence-electron chi connectivity index (χ1n) is 6.96. The van der Waals surface area contributed by atoms with E-state index in [1.807, 2.05) is 6.07 Å². The van der Waals surface area contributed by atoms with Gasteiger partial charge in [-0.1, -0.05) is 15.9 Å². The second-order valence-corrected chi connectivity index (χ2v) is 6.19. The van der Waals surface area contributed by atoms with Crippen LogP contribution >= 0.6 is 28.3 Å². The van der Waals surface area contributed by atoms with E-state index in [0.717, 1.165) is 23.9 Å². The quantitative estimate of drug-likeness (QED) is 0.779. The molecule has 0 radical (unpaired) electrons. The third-order valence-corrected chi connectivity index (χ3v) is 4.24. The summed E-state index contributed by atoms with van der Waals surface area (Å²) in [6.45, 7) is 2.09. The molecule has 2 N–H and O–H groups in total. The van der Waals surface area contributed by atoms with Gasteiger partial charge in [-0.15, -0.1) is 12.4 Å². The second-order valence-electron chi connectivity index (χ2n) is 5.27. The summed E-state index contributed by atoms with van der Waals surface area (Å²) in [4.78, 5) is 12.4. The molecule has 1 aliphatic heterocycles. The van der Waals surface area contributed by atoms with E-state index in [9.17, 15) is 4.79 Å². The zero-order chi connectivity index (χ0) is 15.3. The molecule has 1 heterocycles. The first kappa shape index (κ1) is 19.2. The monoisotopic (exact) mass is 392 g/mol. The number of hydrogen-bond donors (Lipinski definition) is 2. The molecule has 1 aliphatic rings. The Morgan fingerprint density at radius 1 is 1.45 bits per heavy atom. The number of nitrogens with one attached hydrogen (secondary N) is 2. The van der Waals surface area contributed by atoms with Gasteiger partial charge < -0.3 is 20.1 Å². The first-order chi connectivity index (χ1) is 10.1. The lowest BCUT2D eigenvalue weighted by molar-refractivity contribution is 0.0889. The number of benzene rings is 1. The summed E-state index contributed by atoms with van der Waals surface area (Å²) in [5, 5.41) is 6.42. The van der Waals surface area contributed by atoms with Gasteiger partial charge in [-0.3, -0.25) is 4.79 Å². The van der Waals surface area contributed by atoms with Gasteiger partial charge in [-0.05, 0) is 37.6 Å². The molecule has 1 saturated heterocycles. The van der Waals surface area contributed by atoms with Crippen LogP contribution < -0.4 is 15.4 Å². The van der Waals surface area contributed by atoms with E-state index in [1.54, 1.807) is 26.4 Å². The molecule has 0 bridgehead atoms. The normalized spacial score (nSPS) is 20.3. The van der Waals surface area contributed by atoms with Crippen molar-refractivity contribution in [2.24, 2.45) is 0 Å². The highest BCUT2D eigenvalue weighted by molar-refractivity contribution is 9.10. The number of halogens is 2. The van der Waals surface area contributed by atoms with Crippen molar-refractivity contribution in [3.8, 4) is 5.75 Å². The van der Waals surface area contributed by atoms with E-state index in [0.29, 0.717) is 24.5 Å². The maximum absolute atomic E-state index is 12.4. The average Bonchev–Trinajstić information content (AvgIpc) is 2.94. The Kier molecular flexibility index (Phi) is 7.62. The van der Waals surface area contributed by atoms with Crippen molar-refractivity contribution < 1.29 is 14.3 Å². The molecule has 22 heavy (non-hydrogen) atoms. The molecular weight excluding hydrogens is 372 g/mol. The van der Waals surface area contributed by atoms with E-state index < -0.39 is 0 Å². The number of carbonyl (C=O) groups is 1. The number of ether oxygens (including phenoxy) is 2. The Labute approximate surface area is 145 Å². The summed E-state index contributed by atoms with van der Waals surface area (Å²) in [6, 6.07) is 5.37. The van der Waals surface area contributed by atoms with Crippen LogP contribution in [-0.2, 0) is 4.74 Å². The minimum absolute atomic E-state index is 0. The van der Waals surface area contributed by atoms with Crippen molar-refractivity contribution in [3.63, 3.8) is 0 Å². The van der Waals surface area contributed by atoms with Gasteiger partial charge in [0.2, 0.25) is 0 Å². The summed E-state index contributed by atoms with van der Waals surface area (Å²) >= 11 is 3.37. The lowest BCUT2D eigenvalue weighted by Crippen LogP contribution is -2.53. The summed E-state index contributed by atoms with van der Waals surface area (Å²) < 4.78 is 11.4. The molecule has 7 heteroatoms. The van der Waals surface area contributed by atoms with Gasteiger partial charge in [0.1, 0.15) is 5.75 Å². The molecule has 1 aromatic carbocycles. The van der Waals surface area contributed by atoms with Gasteiger partial charge in [0.15, 0.2) is 0 Å². The van der Waals surface area contributed by atoms with Crippen LogP contribution in [0, 0.1) is 0 Å². The van der Waals surface area contributed by atoms with Crippen LogP contribution in [0.5, 0.6) is 5.75 Å². The Balaban J connectivity index is 0.00000242. The molecule has 0 aliphatic carbocycles. The summed E-state index contributed by atoms with van der Waals surface area (Å²) in [5.74, 6) is 0.422. The molecule has 1 fully saturated rings. The molecule has 0 saturated carbocycles. The Morgan fingerprint density at radius 3 is 2.82 bits per heavy atom. The molecule has 0 aromatic heterocycles. The standard InChI is InChI=1S/C15H21BrN2O3.ClH/c1-20-10-15(6-3-7-18-15)9-17-14(19)12-5-4-11(16)8-13(12)21-2;/h4-5,8,18H,3,6-7,9-10H2,1-2H3,(H,17,19);1H. The fraction of sp³-hybridized carbons (Fsp3) is 0.533. The van der Waals surface area contributed by atoms with Crippen LogP contribution in [0.2, 0.25) is 0 Å². The third kappa shape index (κ3) is 4.59. The molecule has 1 atom stereocenters. The second kappa shape index (κ2) is 8.72. The third-order valence-electron chi connectivity index (χ3n) is 3.75. The fourth-order valence-electron chi connectivity index (χ4n) is 2.67. The van der Waals surface area contributed by atoms with Gasteiger partial charge in [0.25, 0.3) is 5.91 Å². The highest BCUT2D eigenvalue weighted by atomic mass is 79.9. The maximum Gasteiger partial charge on any atom is 0.255 e. The van der Waals surface area contributed by atoms with Crippen molar-refractivity contribution in [1.29, 1.82) is 0 Å². The number of rotatable bonds is 6. The predicted octanol–water partition coefficient (Wildman–Crippen LogP) is 2.38. The highest BCUT2D eigenvalue weighted by Crippen LogP contribution is 2.24. The van der Waals surface area contributed by atoms with Gasteiger partial charge >= 0.3 is 0 Å². The van der Waals surface area contributed by atoms with Crippen LogP contribution in [0.3, 0.4) is 0 Å². The van der Waals surface area contributed by atoms with E-state index in [2.05, 4.69) is 26.6 Å². The summed E-state index contributed by atoms with van der Waals surface area (Å²) in [7, 11) is 3.24. The predicted molar refractivity (Wildman–Crippen MR) is 92.1 cm³/mol. The number of amides is 1. The van der Waals surface area contributed by atoms with Crippen LogP contribution in [0.15, 0.2) is 22.7 Å². The zero-order valence-electron chi connectivity index (χ0n) is 12.8. The molecular formula is C15H22BrClN2O3. The number of carbonyl (C=O) groups excluding carboxylic acids is 1. The molecule has 2 rings (SSSR count).